The number of ether oxygens (including phenoxy) is 1. The van der Waals surface area contributed by atoms with Gasteiger partial charge in [-0.25, -0.2) is 5.14 Å². The van der Waals surface area contributed by atoms with E-state index in [1.54, 1.807) is 0 Å². The zero-order chi connectivity index (χ0) is 15.1. The highest BCUT2D eigenvalue weighted by Crippen LogP contribution is 2.48. The third-order valence-electron chi connectivity index (χ3n) is 4.69. The maximum atomic E-state index is 12.2. The van der Waals surface area contributed by atoms with E-state index in [0.717, 1.165) is 19.3 Å². The van der Waals surface area contributed by atoms with Gasteiger partial charge in [0.15, 0.2) is 0 Å². The first-order valence-corrected chi connectivity index (χ1v) is 8.53. The largest absolute Gasteiger partial charge is 0.459 e. The smallest absolute Gasteiger partial charge is 0.333 e. The molecule has 2 fully saturated rings. The molecule has 0 radical (unpaired) electrons. The number of hydrogen-bond donors (Lipinski definition) is 1. The summed E-state index contributed by atoms with van der Waals surface area (Å²) in [5, 5.41) is 4.96. The van der Waals surface area contributed by atoms with E-state index in [0.29, 0.717) is 6.42 Å². The maximum absolute atomic E-state index is 12.2. The van der Waals surface area contributed by atoms with E-state index in [9.17, 15) is 13.2 Å². The number of nitrogens with two attached hydrogens (primary N) is 1. The molecule has 2 aliphatic rings. The zero-order valence-electron chi connectivity index (χ0n) is 12.2. The number of carbonyl (C=O) groups is 1. The molecular weight excluding hydrogens is 282 g/mol. The molecule has 2 rings (SSSR count). The van der Waals surface area contributed by atoms with E-state index in [4.69, 9.17) is 14.1 Å². The van der Waals surface area contributed by atoms with Gasteiger partial charge < -0.3 is 4.74 Å². The molecule has 2 saturated carbocycles. The SMILES string of the molecule is CCC(C)(C)C(=O)OC1C2CCC(C2)C1OS(N)(=O)=O. The highest BCUT2D eigenvalue weighted by atomic mass is 32.2. The number of carbonyl (C=O) groups excluding carboxylic acids is 1. The van der Waals surface area contributed by atoms with Crippen molar-refractivity contribution in [3.8, 4) is 0 Å². The minimum absolute atomic E-state index is 0.112. The van der Waals surface area contributed by atoms with E-state index in [1.165, 1.54) is 0 Å². The Hall–Kier alpha value is -0.660. The summed E-state index contributed by atoms with van der Waals surface area (Å²) in [6.07, 6.45) is 2.22. The quantitative estimate of drug-likeness (QED) is 0.774. The van der Waals surface area contributed by atoms with Crippen molar-refractivity contribution in [3.05, 3.63) is 0 Å². The van der Waals surface area contributed by atoms with Crippen LogP contribution in [-0.4, -0.2) is 26.6 Å². The van der Waals surface area contributed by atoms with Gasteiger partial charge in [-0.2, -0.15) is 8.42 Å². The summed E-state index contributed by atoms with van der Waals surface area (Å²) in [5.41, 5.74) is -0.575. The molecular formula is C13H23NO5S. The van der Waals surface area contributed by atoms with Crippen LogP contribution in [0.15, 0.2) is 0 Å². The van der Waals surface area contributed by atoms with Crippen LogP contribution in [0.2, 0.25) is 0 Å². The number of fused-ring (bicyclic) bond motifs is 2. The van der Waals surface area contributed by atoms with Crippen molar-refractivity contribution in [1.82, 2.24) is 0 Å². The standard InChI is InChI=1S/C13H23NO5S/c1-4-13(2,3)12(15)18-10-8-5-6-9(7-8)11(10)19-20(14,16)17/h8-11H,4-7H2,1-3H3,(H2,14,16,17). The Morgan fingerprint density at radius 3 is 2.30 bits per heavy atom. The fourth-order valence-corrected chi connectivity index (χ4v) is 3.64. The van der Waals surface area contributed by atoms with Gasteiger partial charge in [0.25, 0.3) is 0 Å². The highest BCUT2D eigenvalue weighted by molar-refractivity contribution is 7.84. The lowest BCUT2D eigenvalue weighted by Crippen LogP contribution is -2.43. The van der Waals surface area contributed by atoms with Crippen LogP contribution in [0.4, 0.5) is 0 Å². The van der Waals surface area contributed by atoms with Gasteiger partial charge in [0.1, 0.15) is 12.2 Å². The molecule has 0 aliphatic heterocycles. The van der Waals surface area contributed by atoms with Crippen LogP contribution in [0.25, 0.3) is 0 Å². The molecule has 0 spiro atoms. The second-order valence-corrected chi connectivity index (χ2v) is 7.67. The summed E-state index contributed by atoms with van der Waals surface area (Å²) in [7, 11) is -4.03. The minimum Gasteiger partial charge on any atom is -0.459 e. The van der Waals surface area contributed by atoms with Gasteiger partial charge in [-0.1, -0.05) is 6.92 Å². The summed E-state index contributed by atoms with van der Waals surface area (Å²) in [6.45, 7) is 5.55. The Morgan fingerprint density at radius 1 is 1.25 bits per heavy atom. The monoisotopic (exact) mass is 305 g/mol. The summed E-state index contributed by atoms with van der Waals surface area (Å²) in [5.74, 6) is -0.00945. The zero-order valence-corrected chi connectivity index (χ0v) is 13.0. The van der Waals surface area contributed by atoms with Gasteiger partial charge in [-0.15, -0.1) is 0 Å². The van der Waals surface area contributed by atoms with Crippen molar-refractivity contribution < 1.29 is 22.1 Å². The summed E-state index contributed by atoms with van der Waals surface area (Å²) in [4.78, 5) is 12.2. The van der Waals surface area contributed by atoms with Gasteiger partial charge in [0.05, 0.1) is 5.41 Å². The molecule has 0 amide bonds. The van der Waals surface area contributed by atoms with Crippen LogP contribution in [-0.2, 0) is 24.0 Å². The molecule has 2 aliphatic carbocycles. The molecule has 0 aromatic heterocycles. The normalized spacial score (nSPS) is 33.4. The Morgan fingerprint density at radius 2 is 1.80 bits per heavy atom. The Kier molecular flexibility index (Phi) is 4.15. The van der Waals surface area contributed by atoms with Gasteiger partial charge in [-0.3, -0.25) is 8.98 Å². The first kappa shape index (κ1) is 15.7. The predicted octanol–water partition coefficient (Wildman–Crippen LogP) is 1.35. The summed E-state index contributed by atoms with van der Waals surface area (Å²) >= 11 is 0. The fraction of sp³-hybridized carbons (Fsp3) is 0.923. The van der Waals surface area contributed by atoms with E-state index < -0.39 is 27.9 Å². The molecule has 0 saturated heterocycles. The van der Waals surface area contributed by atoms with Crippen LogP contribution in [0.5, 0.6) is 0 Å². The van der Waals surface area contributed by atoms with Crippen molar-refractivity contribution in [2.75, 3.05) is 0 Å². The number of hydrogen-bond acceptors (Lipinski definition) is 5. The first-order chi connectivity index (χ1) is 9.14. The fourth-order valence-electron chi connectivity index (χ4n) is 3.06. The minimum atomic E-state index is -4.03. The van der Waals surface area contributed by atoms with Crippen LogP contribution in [0.3, 0.4) is 0 Å². The average molecular weight is 305 g/mol. The Balaban J connectivity index is 2.11. The number of esters is 1. The summed E-state index contributed by atoms with van der Waals surface area (Å²) < 4.78 is 32.9. The van der Waals surface area contributed by atoms with E-state index in [1.807, 2.05) is 20.8 Å². The van der Waals surface area contributed by atoms with E-state index in [-0.39, 0.29) is 17.8 Å². The summed E-state index contributed by atoms with van der Waals surface area (Å²) in [6, 6.07) is 0. The topological polar surface area (TPSA) is 95.7 Å². The van der Waals surface area contributed by atoms with Crippen LogP contribution >= 0.6 is 0 Å². The molecule has 2 N–H and O–H groups in total. The molecule has 6 nitrogen and oxygen atoms in total. The van der Waals surface area contributed by atoms with Crippen molar-refractivity contribution in [1.29, 1.82) is 0 Å². The Labute approximate surface area is 120 Å². The van der Waals surface area contributed by atoms with Crippen molar-refractivity contribution in [2.24, 2.45) is 22.4 Å². The second-order valence-electron chi connectivity index (χ2n) is 6.49. The predicted molar refractivity (Wildman–Crippen MR) is 72.8 cm³/mol. The lowest BCUT2D eigenvalue weighted by molar-refractivity contribution is -0.167. The number of rotatable bonds is 5. The molecule has 7 heteroatoms. The highest BCUT2D eigenvalue weighted by Gasteiger charge is 2.52. The first-order valence-electron chi connectivity index (χ1n) is 7.06. The van der Waals surface area contributed by atoms with Gasteiger partial charge in [-0.05, 0) is 51.4 Å². The molecule has 0 heterocycles. The van der Waals surface area contributed by atoms with E-state index in [2.05, 4.69) is 0 Å². The molecule has 0 aromatic carbocycles. The van der Waals surface area contributed by atoms with Crippen LogP contribution in [0.1, 0.15) is 46.5 Å². The molecule has 20 heavy (non-hydrogen) atoms. The molecule has 2 bridgehead atoms. The Bertz CT molecular complexity index is 487. The maximum Gasteiger partial charge on any atom is 0.333 e. The van der Waals surface area contributed by atoms with Gasteiger partial charge >= 0.3 is 16.3 Å². The lowest BCUT2D eigenvalue weighted by atomic mass is 9.89. The van der Waals surface area contributed by atoms with Crippen molar-refractivity contribution >= 4 is 16.3 Å². The lowest BCUT2D eigenvalue weighted by Gasteiger charge is -2.32. The van der Waals surface area contributed by atoms with Crippen molar-refractivity contribution in [2.45, 2.75) is 58.7 Å². The van der Waals surface area contributed by atoms with Gasteiger partial charge in [0.2, 0.25) is 0 Å². The van der Waals surface area contributed by atoms with Gasteiger partial charge in [0, 0.05) is 0 Å². The average Bonchev–Trinajstić information content (AvgIpc) is 2.90. The van der Waals surface area contributed by atoms with Crippen LogP contribution in [0, 0.1) is 17.3 Å². The third-order valence-corrected chi connectivity index (χ3v) is 5.18. The molecule has 0 aromatic rings. The molecule has 4 unspecified atom stereocenters. The van der Waals surface area contributed by atoms with Crippen LogP contribution < -0.4 is 5.14 Å². The van der Waals surface area contributed by atoms with Crippen molar-refractivity contribution in [3.63, 3.8) is 0 Å². The second kappa shape index (κ2) is 5.27. The molecule has 4 atom stereocenters. The van der Waals surface area contributed by atoms with E-state index >= 15 is 0 Å². The third kappa shape index (κ3) is 3.15. The molecule has 116 valence electrons.